The molecule has 0 saturated heterocycles. The van der Waals surface area contributed by atoms with Crippen molar-refractivity contribution in [3.05, 3.63) is 24.0 Å². The highest BCUT2D eigenvalue weighted by atomic mass is 16.3. The Morgan fingerprint density at radius 2 is 2.45 bits per heavy atom. The summed E-state index contributed by atoms with van der Waals surface area (Å²) in [6.45, 7) is 2.01. The van der Waals surface area contributed by atoms with Gasteiger partial charge in [0.15, 0.2) is 0 Å². The molecular formula is C8H14N2O. The molecule has 3 nitrogen and oxygen atoms in total. The molecule has 0 bridgehead atoms. The summed E-state index contributed by atoms with van der Waals surface area (Å²) in [7, 11) is 0. The third kappa shape index (κ3) is 1.82. The van der Waals surface area contributed by atoms with Crippen LogP contribution in [0.15, 0.2) is 18.3 Å². The van der Waals surface area contributed by atoms with Gasteiger partial charge >= 0.3 is 0 Å². The molecule has 0 spiro atoms. The minimum Gasteiger partial charge on any atom is -0.396 e. The standard InChI is InChI=1S/C8H14N2O/c1-8(9,4-6-11)7-3-2-5-10-7/h2-3,5,10-11H,4,6,9H2,1H3/t8-/m0/s1. The van der Waals surface area contributed by atoms with Crippen LogP contribution >= 0.6 is 0 Å². The molecule has 0 aromatic carbocycles. The van der Waals surface area contributed by atoms with Gasteiger partial charge in [-0.3, -0.25) is 0 Å². The molecule has 3 heteroatoms. The Morgan fingerprint density at radius 3 is 2.91 bits per heavy atom. The molecule has 62 valence electrons. The maximum Gasteiger partial charge on any atom is 0.0554 e. The Balaban J connectivity index is 2.73. The van der Waals surface area contributed by atoms with Crippen LogP contribution in [0.1, 0.15) is 19.0 Å². The van der Waals surface area contributed by atoms with Gasteiger partial charge in [0.1, 0.15) is 0 Å². The predicted octanol–water partition coefficient (Wildman–Crippen LogP) is 0.571. The fraction of sp³-hybridized carbons (Fsp3) is 0.500. The van der Waals surface area contributed by atoms with E-state index in [4.69, 9.17) is 10.8 Å². The van der Waals surface area contributed by atoms with Crippen molar-refractivity contribution < 1.29 is 5.11 Å². The summed E-state index contributed by atoms with van der Waals surface area (Å²) in [5.41, 5.74) is 6.43. The quantitative estimate of drug-likeness (QED) is 0.596. The summed E-state index contributed by atoms with van der Waals surface area (Å²) in [5, 5.41) is 8.71. The fourth-order valence-electron chi connectivity index (χ4n) is 1.05. The molecule has 0 fully saturated rings. The molecule has 0 amide bonds. The van der Waals surface area contributed by atoms with Crippen molar-refractivity contribution in [3.63, 3.8) is 0 Å². The smallest absolute Gasteiger partial charge is 0.0554 e. The Hall–Kier alpha value is -0.800. The van der Waals surface area contributed by atoms with E-state index in [1.165, 1.54) is 0 Å². The highest BCUT2D eigenvalue weighted by Crippen LogP contribution is 2.18. The molecule has 0 aliphatic heterocycles. The van der Waals surface area contributed by atoms with E-state index < -0.39 is 5.54 Å². The lowest BCUT2D eigenvalue weighted by molar-refractivity contribution is 0.245. The summed E-state index contributed by atoms with van der Waals surface area (Å²) in [5.74, 6) is 0. The van der Waals surface area contributed by atoms with Gasteiger partial charge in [0.25, 0.3) is 0 Å². The summed E-state index contributed by atoms with van der Waals surface area (Å²) >= 11 is 0. The normalized spacial score (nSPS) is 16.3. The minimum absolute atomic E-state index is 0.117. The Labute approximate surface area is 66.2 Å². The van der Waals surface area contributed by atoms with Crippen molar-refractivity contribution in [3.8, 4) is 0 Å². The number of hydrogen-bond donors (Lipinski definition) is 3. The molecular weight excluding hydrogens is 140 g/mol. The summed E-state index contributed by atoms with van der Waals surface area (Å²) in [6.07, 6.45) is 2.41. The highest BCUT2D eigenvalue weighted by molar-refractivity contribution is 5.13. The number of aromatic amines is 1. The largest absolute Gasteiger partial charge is 0.396 e. The third-order valence-electron chi connectivity index (χ3n) is 1.84. The molecule has 1 atom stereocenters. The topological polar surface area (TPSA) is 62.0 Å². The second kappa shape index (κ2) is 3.07. The van der Waals surface area contributed by atoms with Crippen LogP contribution in [0.4, 0.5) is 0 Å². The van der Waals surface area contributed by atoms with Crippen LogP contribution in [-0.2, 0) is 5.54 Å². The molecule has 1 aromatic rings. The molecule has 0 aliphatic carbocycles. The summed E-state index contributed by atoms with van der Waals surface area (Å²) in [4.78, 5) is 3.03. The summed E-state index contributed by atoms with van der Waals surface area (Å²) < 4.78 is 0. The third-order valence-corrected chi connectivity index (χ3v) is 1.84. The number of H-pyrrole nitrogens is 1. The lowest BCUT2D eigenvalue weighted by atomic mass is 9.96. The second-order valence-electron chi connectivity index (χ2n) is 2.97. The van der Waals surface area contributed by atoms with E-state index in [0.29, 0.717) is 6.42 Å². The van der Waals surface area contributed by atoms with Crippen molar-refractivity contribution >= 4 is 0 Å². The van der Waals surface area contributed by atoms with Gasteiger partial charge in [-0.1, -0.05) is 0 Å². The number of aliphatic hydroxyl groups excluding tert-OH is 1. The van der Waals surface area contributed by atoms with Crippen molar-refractivity contribution in [1.82, 2.24) is 4.98 Å². The van der Waals surface area contributed by atoms with Crippen LogP contribution in [0.2, 0.25) is 0 Å². The molecule has 1 heterocycles. The number of aliphatic hydroxyl groups is 1. The highest BCUT2D eigenvalue weighted by Gasteiger charge is 2.20. The number of aromatic nitrogens is 1. The fourth-order valence-corrected chi connectivity index (χ4v) is 1.05. The van der Waals surface area contributed by atoms with Crippen molar-refractivity contribution in [1.29, 1.82) is 0 Å². The predicted molar refractivity (Wildman–Crippen MR) is 44.0 cm³/mol. The van der Waals surface area contributed by atoms with E-state index in [9.17, 15) is 0 Å². The molecule has 0 saturated carbocycles. The van der Waals surface area contributed by atoms with Crippen LogP contribution in [0.5, 0.6) is 0 Å². The maximum absolute atomic E-state index is 8.71. The van der Waals surface area contributed by atoms with E-state index >= 15 is 0 Å². The van der Waals surface area contributed by atoms with E-state index in [1.807, 2.05) is 25.3 Å². The average Bonchev–Trinajstić information content (AvgIpc) is 2.37. The van der Waals surface area contributed by atoms with Gasteiger partial charge in [0, 0.05) is 18.5 Å². The first-order valence-electron chi connectivity index (χ1n) is 3.70. The molecule has 0 aliphatic rings. The van der Waals surface area contributed by atoms with Crippen LogP contribution in [0.3, 0.4) is 0 Å². The SMILES string of the molecule is C[C@](N)(CCO)c1ccc[nH]1. The first-order chi connectivity index (χ1) is 5.17. The van der Waals surface area contributed by atoms with Gasteiger partial charge in [-0.05, 0) is 25.5 Å². The monoisotopic (exact) mass is 154 g/mol. The number of nitrogens with one attached hydrogen (secondary N) is 1. The van der Waals surface area contributed by atoms with Gasteiger partial charge in [-0.2, -0.15) is 0 Å². The van der Waals surface area contributed by atoms with Crippen molar-refractivity contribution in [2.75, 3.05) is 6.61 Å². The number of hydrogen-bond acceptors (Lipinski definition) is 2. The second-order valence-corrected chi connectivity index (χ2v) is 2.97. The van der Waals surface area contributed by atoms with Crippen LogP contribution in [0.25, 0.3) is 0 Å². The molecule has 1 rings (SSSR count). The lowest BCUT2D eigenvalue weighted by Crippen LogP contribution is -2.34. The van der Waals surface area contributed by atoms with Crippen molar-refractivity contribution in [2.24, 2.45) is 5.73 Å². The van der Waals surface area contributed by atoms with Crippen LogP contribution in [0, 0.1) is 0 Å². The van der Waals surface area contributed by atoms with Crippen LogP contribution in [-0.4, -0.2) is 16.7 Å². The number of nitrogens with two attached hydrogens (primary N) is 1. The lowest BCUT2D eigenvalue weighted by Gasteiger charge is -2.21. The van der Waals surface area contributed by atoms with Gasteiger partial charge in [0.05, 0.1) is 5.54 Å². The van der Waals surface area contributed by atoms with E-state index in [-0.39, 0.29) is 6.61 Å². The Morgan fingerprint density at radius 1 is 1.73 bits per heavy atom. The molecule has 0 unspecified atom stereocenters. The first-order valence-corrected chi connectivity index (χ1v) is 3.70. The molecule has 4 N–H and O–H groups in total. The first kappa shape index (κ1) is 8.30. The van der Waals surface area contributed by atoms with Gasteiger partial charge in [0.2, 0.25) is 0 Å². The summed E-state index contributed by atoms with van der Waals surface area (Å²) in [6, 6.07) is 3.83. The van der Waals surface area contributed by atoms with Crippen LogP contribution < -0.4 is 5.73 Å². The van der Waals surface area contributed by atoms with E-state index in [0.717, 1.165) is 5.69 Å². The Bertz CT molecular complexity index is 204. The van der Waals surface area contributed by atoms with E-state index in [2.05, 4.69) is 4.98 Å². The van der Waals surface area contributed by atoms with Crippen molar-refractivity contribution in [2.45, 2.75) is 18.9 Å². The average molecular weight is 154 g/mol. The zero-order valence-electron chi connectivity index (χ0n) is 6.67. The molecule has 11 heavy (non-hydrogen) atoms. The Kier molecular flexibility index (Phi) is 2.31. The maximum atomic E-state index is 8.71. The van der Waals surface area contributed by atoms with Gasteiger partial charge < -0.3 is 15.8 Å². The molecule has 0 radical (unpaired) electrons. The van der Waals surface area contributed by atoms with E-state index in [1.54, 1.807) is 0 Å². The van der Waals surface area contributed by atoms with Gasteiger partial charge in [-0.15, -0.1) is 0 Å². The molecule has 1 aromatic heterocycles. The minimum atomic E-state index is -0.432. The number of rotatable bonds is 3. The zero-order chi connectivity index (χ0) is 8.32. The zero-order valence-corrected chi connectivity index (χ0v) is 6.67. The van der Waals surface area contributed by atoms with Gasteiger partial charge in [-0.25, -0.2) is 0 Å².